The summed E-state index contributed by atoms with van der Waals surface area (Å²) in [6.07, 6.45) is 0.594. The molecular formula is C19H25BrO5. The van der Waals surface area contributed by atoms with Gasteiger partial charge in [-0.1, -0.05) is 43.6 Å². The van der Waals surface area contributed by atoms with Crippen molar-refractivity contribution in [3.05, 3.63) is 29.3 Å². The van der Waals surface area contributed by atoms with Crippen LogP contribution in [0.5, 0.6) is 5.75 Å². The van der Waals surface area contributed by atoms with E-state index in [4.69, 9.17) is 9.47 Å². The zero-order valence-corrected chi connectivity index (χ0v) is 16.7. The number of esters is 2. The number of hydrogen-bond acceptors (Lipinski definition) is 5. The average Bonchev–Trinajstić information content (AvgIpc) is 2.51. The topological polar surface area (TPSA) is 69.7 Å². The monoisotopic (exact) mass is 412 g/mol. The highest BCUT2D eigenvalue weighted by Crippen LogP contribution is 2.23. The van der Waals surface area contributed by atoms with Crippen molar-refractivity contribution >= 4 is 33.7 Å². The van der Waals surface area contributed by atoms with Crippen LogP contribution in [0.25, 0.3) is 0 Å². The molecule has 0 bridgehead atoms. The number of carbonyl (C=O) groups excluding carboxylic acids is 3. The summed E-state index contributed by atoms with van der Waals surface area (Å²) < 4.78 is 10.6. The Bertz CT molecular complexity index is 622. The molecule has 0 aromatic heterocycles. The molecule has 1 aromatic carbocycles. The zero-order chi connectivity index (χ0) is 19.0. The summed E-state index contributed by atoms with van der Waals surface area (Å²) in [5.41, 5.74) is 0.969. The molecule has 1 rings (SSSR count). The van der Waals surface area contributed by atoms with E-state index in [-0.39, 0.29) is 47.9 Å². The molecule has 0 aliphatic carbocycles. The van der Waals surface area contributed by atoms with Crippen LogP contribution < -0.4 is 4.74 Å². The minimum atomic E-state index is -0.357. The number of Topliss-reactive ketones (excluding diaryl/α,β-unsaturated/α-hetero) is 1. The van der Waals surface area contributed by atoms with Crippen LogP contribution in [0.4, 0.5) is 0 Å². The van der Waals surface area contributed by atoms with E-state index in [1.165, 1.54) is 0 Å². The van der Waals surface area contributed by atoms with E-state index < -0.39 is 0 Å². The van der Waals surface area contributed by atoms with Crippen molar-refractivity contribution in [3.8, 4) is 5.75 Å². The molecule has 0 radical (unpaired) electrons. The van der Waals surface area contributed by atoms with Crippen LogP contribution in [0.1, 0.15) is 56.5 Å². The Morgan fingerprint density at radius 3 is 2.16 bits per heavy atom. The fraction of sp³-hybridized carbons (Fsp3) is 0.526. The van der Waals surface area contributed by atoms with Crippen molar-refractivity contribution in [2.45, 2.75) is 47.1 Å². The molecule has 25 heavy (non-hydrogen) atoms. The summed E-state index contributed by atoms with van der Waals surface area (Å²) in [6.45, 7) is 7.66. The zero-order valence-electron chi connectivity index (χ0n) is 15.1. The molecular weight excluding hydrogens is 388 g/mol. The molecule has 0 aliphatic heterocycles. The molecule has 0 atom stereocenters. The van der Waals surface area contributed by atoms with Gasteiger partial charge in [0.2, 0.25) is 0 Å². The highest BCUT2D eigenvalue weighted by molar-refractivity contribution is 9.09. The summed E-state index contributed by atoms with van der Waals surface area (Å²) in [5.74, 6) is -0.105. The van der Waals surface area contributed by atoms with Crippen LogP contribution in [0, 0.1) is 11.8 Å². The van der Waals surface area contributed by atoms with Gasteiger partial charge >= 0.3 is 11.9 Å². The first-order valence-corrected chi connectivity index (χ1v) is 9.43. The van der Waals surface area contributed by atoms with Crippen LogP contribution in [-0.4, -0.2) is 23.1 Å². The van der Waals surface area contributed by atoms with E-state index in [0.29, 0.717) is 23.3 Å². The Labute approximate surface area is 157 Å². The molecule has 1 aromatic rings. The normalized spacial score (nSPS) is 10.8. The van der Waals surface area contributed by atoms with Crippen LogP contribution in [0.2, 0.25) is 0 Å². The molecule has 0 spiro atoms. The van der Waals surface area contributed by atoms with Gasteiger partial charge in [0, 0.05) is 24.0 Å². The number of alkyl halides is 1. The predicted octanol–water partition coefficient (Wildman–Crippen LogP) is 4.31. The van der Waals surface area contributed by atoms with Crippen molar-refractivity contribution in [2.24, 2.45) is 11.8 Å². The Balaban J connectivity index is 2.96. The molecule has 0 unspecified atom stereocenters. The first-order chi connectivity index (χ1) is 11.7. The van der Waals surface area contributed by atoms with Gasteiger partial charge in [0.15, 0.2) is 5.78 Å². The van der Waals surface area contributed by atoms with Crippen LogP contribution in [-0.2, 0) is 20.9 Å². The molecule has 138 valence electrons. The van der Waals surface area contributed by atoms with Gasteiger partial charge in [-0.05, 0) is 30.0 Å². The maximum absolute atomic E-state index is 11.9. The first kappa shape index (κ1) is 21.4. The Hall–Kier alpha value is -1.69. The van der Waals surface area contributed by atoms with Crippen LogP contribution in [0.15, 0.2) is 18.2 Å². The molecule has 0 heterocycles. The van der Waals surface area contributed by atoms with E-state index in [9.17, 15) is 14.4 Å². The molecule has 0 fully saturated rings. The summed E-state index contributed by atoms with van der Waals surface area (Å²) in [7, 11) is 0. The second-order valence-electron chi connectivity index (χ2n) is 6.71. The van der Waals surface area contributed by atoms with Crippen molar-refractivity contribution in [1.29, 1.82) is 0 Å². The predicted molar refractivity (Wildman–Crippen MR) is 98.9 cm³/mol. The van der Waals surface area contributed by atoms with Gasteiger partial charge in [0.05, 0.1) is 5.33 Å². The third-order valence-corrected chi connectivity index (χ3v) is 3.78. The lowest BCUT2D eigenvalue weighted by Crippen LogP contribution is -2.14. The number of ether oxygens (including phenoxy) is 2. The molecule has 0 amide bonds. The summed E-state index contributed by atoms with van der Waals surface area (Å²) >= 11 is 3.13. The summed E-state index contributed by atoms with van der Waals surface area (Å²) in [6, 6.07) is 4.77. The van der Waals surface area contributed by atoms with E-state index in [2.05, 4.69) is 15.9 Å². The van der Waals surface area contributed by atoms with Crippen LogP contribution >= 0.6 is 15.9 Å². The minimum Gasteiger partial charge on any atom is -0.461 e. The second kappa shape index (κ2) is 10.3. The van der Waals surface area contributed by atoms with Crippen LogP contribution in [0.3, 0.4) is 0 Å². The lowest BCUT2D eigenvalue weighted by atomic mass is 10.1. The Morgan fingerprint density at radius 1 is 1.00 bits per heavy atom. The van der Waals surface area contributed by atoms with Gasteiger partial charge in [0.25, 0.3) is 0 Å². The number of ketones is 1. The highest BCUT2D eigenvalue weighted by atomic mass is 79.9. The standard InChI is InChI=1S/C19H25BrO5/c1-12(2)7-18(22)24-11-15-9-14(16(21)10-20)5-6-17(15)25-19(23)8-13(3)4/h5-6,9,12-13H,7-8,10-11H2,1-4H3. The van der Waals surface area contributed by atoms with E-state index in [1.54, 1.807) is 18.2 Å². The number of halogens is 1. The number of rotatable bonds is 9. The third-order valence-electron chi connectivity index (χ3n) is 3.27. The third kappa shape index (κ3) is 7.82. The smallest absolute Gasteiger partial charge is 0.311 e. The van der Waals surface area contributed by atoms with Crippen molar-refractivity contribution in [1.82, 2.24) is 0 Å². The van der Waals surface area contributed by atoms with Crippen molar-refractivity contribution < 1.29 is 23.9 Å². The van der Waals surface area contributed by atoms with Gasteiger partial charge in [-0.2, -0.15) is 0 Å². The van der Waals surface area contributed by atoms with Gasteiger partial charge in [0.1, 0.15) is 12.4 Å². The SMILES string of the molecule is CC(C)CC(=O)OCc1cc(C(=O)CBr)ccc1OC(=O)CC(C)C. The Kier molecular flexibility index (Phi) is 8.83. The fourth-order valence-corrected chi connectivity index (χ4v) is 2.41. The van der Waals surface area contributed by atoms with E-state index in [0.717, 1.165) is 0 Å². The van der Waals surface area contributed by atoms with Gasteiger partial charge in [-0.25, -0.2) is 0 Å². The average molecular weight is 413 g/mol. The Morgan fingerprint density at radius 2 is 1.60 bits per heavy atom. The van der Waals surface area contributed by atoms with Gasteiger partial charge in [-0.15, -0.1) is 0 Å². The number of carbonyl (C=O) groups is 3. The quantitative estimate of drug-likeness (QED) is 0.261. The van der Waals surface area contributed by atoms with Crippen molar-refractivity contribution in [3.63, 3.8) is 0 Å². The molecule has 0 N–H and O–H groups in total. The summed E-state index contributed by atoms with van der Waals surface area (Å²) in [4.78, 5) is 35.6. The first-order valence-electron chi connectivity index (χ1n) is 8.31. The second-order valence-corrected chi connectivity index (χ2v) is 7.27. The minimum absolute atomic E-state index is 0.0424. The lowest BCUT2D eigenvalue weighted by molar-refractivity contribution is -0.145. The number of benzene rings is 1. The molecule has 0 aliphatic rings. The maximum Gasteiger partial charge on any atom is 0.311 e. The number of hydrogen-bond donors (Lipinski definition) is 0. The fourth-order valence-electron chi connectivity index (χ4n) is 2.09. The largest absolute Gasteiger partial charge is 0.461 e. The van der Waals surface area contributed by atoms with Gasteiger partial charge in [-0.3, -0.25) is 14.4 Å². The van der Waals surface area contributed by atoms with E-state index in [1.807, 2.05) is 27.7 Å². The molecule has 0 saturated carbocycles. The van der Waals surface area contributed by atoms with E-state index >= 15 is 0 Å². The lowest BCUT2D eigenvalue weighted by Gasteiger charge is -2.13. The molecule has 5 nitrogen and oxygen atoms in total. The van der Waals surface area contributed by atoms with Crippen molar-refractivity contribution in [2.75, 3.05) is 5.33 Å². The molecule has 0 saturated heterocycles. The maximum atomic E-state index is 11.9. The summed E-state index contributed by atoms with van der Waals surface area (Å²) in [5, 5.41) is 0.187. The molecule has 6 heteroatoms. The van der Waals surface area contributed by atoms with Gasteiger partial charge < -0.3 is 9.47 Å². The highest BCUT2D eigenvalue weighted by Gasteiger charge is 2.16.